The summed E-state index contributed by atoms with van der Waals surface area (Å²) in [7, 11) is 1.21. The van der Waals surface area contributed by atoms with Gasteiger partial charge in [-0.2, -0.15) is 18.2 Å². The van der Waals surface area contributed by atoms with E-state index in [0.717, 1.165) is 15.7 Å². The molecule has 0 amide bonds. The van der Waals surface area contributed by atoms with Crippen molar-refractivity contribution in [2.45, 2.75) is 45.3 Å². The summed E-state index contributed by atoms with van der Waals surface area (Å²) in [6.45, 7) is 3.58. The van der Waals surface area contributed by atoms with Crippen molar-refractivity contribution in [3.63, 3.8) is 0 Å². The third-order valence-electron chi connectivity index (χ3n) is 6.56. The van der Waals surface area contributed by atoms with Gasteiger partial charge in [0.1, 0.15) is 6.61 Å². The number of rotatable bonds is 11. The highest BCUT2D eigenvalue weighted by molar-refractivity contribution is 5.99. The number of allylic oxidation sites excluding steroid dienone is 2. The summed E-state index contributed by atoms with van der Waals surface area (Å²) in [5.41, 5.74) is 4.98. The first kappa shape index (κ1) is 31.9. The predicted molar refractivity (Wildman–Crippen MR) is 154 cm³/mol. The average molecular weight is 614 g/mol. The number of halogens is 3. The monoisotopic (exact) mass is 613 g/mol. The molecule has 4 aromatic rings. The van der Waals surface area contributed by atoms with Crippen molar-refractivity contribution >= 4 is 22.9 Å². The number of aromatic nitrogens is 4. The number of nitrogens with zero attached hydrogens (tertiary/aromatic N) is 4. The number of esters is 1. The number of carbonyl (C=O) groups excluding carboxylic acids is 2. The summed E-state index contributed by atoms with van der Waals surface area (Å²) >= 11 is 0. The number of alkyl halides is 3. The molecule has 0 aliphatic carbocycles. The maximum absolute atomic E-state index is 13.9. The molecule has 0 aliphatic heterocycles. The van der Waals surface area contributed by atoms with Crippen LogP contribution in [0.25, 0.3) is 11.2 Å². The van der Waals surface area contributed by atoms with Crippen LogP contribution >= 0.6 is 0 Å². The van der Waals surface area contributed by atoms with Crippen LogP contribution in [0.2, 0.25) is 0 Å². The summed E-state index contributed by atoms with van der Waals surface area (Å²) < 4.78 is 52.5. The van der Waals surface area contributed by atoms with Crippen LogP contribution in [0.4, 0.5) is 13.2 Å². The molecular formula is C30H30F3N5O6. The van der Waals surface area contributed by atoms with Gasteiger partial charge < -0.3 is 15.2 Å². The average Bonchev–Trinajstić information content (AvgIpc) is 3.36. The van der Waals surface area contributed by atoms with Crippen LogP contribution in [0.3, 0.4) is 0 Å². The third kappa shape index (κ3) is 6.97. The van der Waals surface area contributed by atoms with Gasteiger partial charge in [0.25, 0.3) is 11.6 Å². The number of aryl methyl sites for hydroxylation is 1. The van der Waals surface area contributed by atoms with Crippen molar-refractivity contribution in [1.82, 2.24) is 18.7 Å². The van der Waals surface area contributed by atoms with Crippen LogP contribution in [0, 0.1) is 0 Å². The molecule has 2 unspecified atom stereocenters. The van der Waals surface area contributed by atoms with Gasteiger partial charge in [0.2, 0.25) is 12.0 Å². The molecule has 2 N–H and O–H groups in total. The normalized spacial score (nSPS) is 12.9. The number of fused-ring (bicyclic) bond motifs is 1. The molecule has 14 heteroatoms. The molecule has 2 aromatic heterocycles. The fourth-order valence-corrected chi connectivity index (χ4v) is 4.37. The highest BCUT2D eigenvalue weighted by Gasteiger charge is 2.45. The van der Waals surface area contributed by atoms with E-state index in [2.05, 4.69) is 9.72 Å². The topological polar surface area (TPSA) is 140 Å². The first-order valence-corrected chi connectivity index (χ1v) is 13.4. The molecule has 2 aromatic carbocycles. The summed E-state index contributed by atoms with van der Waals surface area (Å²) in [5, 5.41) is 0. The molecule has 0 saturated heterocycles. The van der Waals surface area contributed by atoms with Crippen molar-refractivity contribution < 1.29 is 32.2 Å². The minimum absolute atomic E-state index is 0.00910. The molecular weight excluding hydrogens is 583 g/mol. The lowest BCUT2D eigenvalue weighted by atomic mass is 10.1. The smallest absolute Gasteiger partial charge is 0.463 e. The van der Waals surface area contributed by atoms with Crippen LogP contribution in [-0.4, -0.2) is 49.3 Å². The lowest BCUT2D eigenvalue weighted by Crippen LogP contribution is -2.46. The SMILES string of the molecule is CC(C)=CCn1c(OCC(N)Cc2ccccc2)nc2c1c(=O)n(C(OC(=O)C(F)(F)F)C(=O)c1ccccc1)c(=O)n2C. The Morgan fingerprint density at radius 2 is 1.64 bits per heavy atom. The highest BCUT2D eigenvalue weighted by atomic mass is 19.4. The van der Waals surface area contributed by atoms with E-state index < -0.39 is 41.4 Å². The van der Waals surface area contributed by atoms with Crippen LogP contribution in [0.5, 0.6) is 6.01 Å². The first-order valence-electron chi connectivity index (χ1n) is 13.4. The van der Waals surface area contributed by atoms with Crippen LogP contribution < -0.4 is 21.7 Å². The van der Waals surface area contributed by atoms with Crippen molar-refractivity contribution in [2.75, 3.05) is 6.61 Å². The second-order valence-corrected chi connectivity index (χ2v) is 10.2. The Labute approximate surface area is 248 Å². The third-order valence-corrected chi connectivity index (χ3v) is 6.56. The second-order valence-electron chi connectivity index (χ2n) is 10.2. The molecule has 4 rings (SSSR count). The van der Waals surface area contributed by atoms with Gasteiger partial charge in [-0.05, 0) is 25.8 Å². The van der Waals surface area contributed by atoms with Crippen molar-refractivity contribution in [2.24, 2.45) is 12.8 Å². The highest BCUT2D eigenvalue weighted by Crippen LogP contribution is 2.24. The number of nitrogens with two attached hydrogens (primary N) is 1. The lowest BCUT2D eigenvalue weighted by molar-refractivity contribution is -0.206. The standard InChI is InChI=1S/C30H30F3N5O6/c1-18(2)14-15-37-22-24(35-28(37)43-17-21(34)16-19-10-6-4-7-11-19)36(3)29(42)38(25(22)40)26(44-27(41)30(31,32)33)23(39)20-12-8-5-9-13-20/h4-14,21,26H,15-17,34H2,1-3H3. The van der Waals surface area contributed by atoms with Gasteiger partial charge in [-0.1, -0.05) is 72.3 Å². The summed E-state index contributed by atoms with van der Waals surface area (Å²) in [4.78, 5) is 57.0. The zero-order valence-corrected chi connectivity index (χ0v) is 24.1. The molecule has 44 heavy (non-hydrogen) atoms. The molecule has 0 bridgehead atoms. The molecule has 0 aliphatic rings. The van der Waals surface area contributed by atoms with Gasteiger partial charge in [-0.15, -0.1) is 0 Å². The van der Waals surface area contributed by atoms with Crippen molar-refractivity contribution in [3.8, 4) is 6.01 Å². The second kappa shape index (κ2) is 13.1. The molecule has 0 saturated carbocycles. The Hall–Kier alpha value is -4.98. The molecule has 0 fully saturated rings. The Kier molecular flexibility index (Phi) is 9.53. The predicted octanol–water partition coefficient (Wildman–Crippen LogP) is 3.30. The number of benzene rings is 2. The Bertz CT molecular complexity index is 1810. The summed E-state index contributed by atoms with van der Waals surface area (Å²) in [6.07, 6.45) is -5.89. The molecule has 0 spiro atoms. The van der Waals surface area contributed by atoms with E-state index in [-0.39, 0.29) is 40.5 Å². The van der Waals surface area contributed by atoms with Crippen molar-refractivity contribution in [3.05, 3.63) is 104 Å². The zero-order chi connectivity index (χ0) is 32.2. The van der Waals surface area contributed by atoms with Gasteiger partial charge in [0.15, 0.2) is 11.2 Å². The number of carbonyl (C=O) groups is 2. The fourth-order valence-electron chi connectivity index (χ4n) is 4.37. The fraction of sp³-hybridized carbons (Fsp3) is 0.300. The quantitative estimate of drug-likeness (QED) is 0.154. The maximum Gasteiger partial charge on any atom is 0.491 e. The zero-order valence-electron chi connectivity index (χ0n) is 24.1. The molecule has 232 valence electrons. The lowest BCUT2D eigenvalue weighted by Gasteiger charge is -2.20. The Morgan fingerprint density at radius 3 is 2.23 bits per heavy atom. The van der Waals surface area contributed by atoms with Gasteiger partial charge in [-0.25, -0.2) is 14.2 Å². The van der Waals surface area contributed by atoms with E-state index in [4.69, 9.17) is 10.5 Å². The minimum Gasteiger partial charge on any atom is -0.463 e. The van der Waals surface area contributed by atoms with Crippen LogP contribution in [0.1, 0.15) is 36.0 Å². The number of hydrogen-bond donors (Lipinski definition) is 1. The van der Waals surface area contributed by atoms with Gasteiger partial charge in [0, 0.05) is 25.2 Å². The molecule has 2 heterocycles. The molecule has 0 radical (unpaired) electrons. The summed E-state index contributed by atoms with van der Waals surface area (Å²) in [6, 6.07) is 15.7. The van der Waals surface area contributed by atoms with E-state index in [9.17, 15) is 32.3 Å². The molecule has 11 nitrogen and oxygen atoms in total. The van der Waals surface area contributed by atoms with E-state index in [1.54, 1.807) is 26.0 Å². The largest absolute Gasteiger partial charge is 0.491 e. The van der Waals surface area contributed by atoms with E-state index in [1.807, 2.05) is 30.3 Å². The number of ketones is 1. The van der Waals surface area contributed by atoms with Crippen LogP contribution in [0.15, 0.2) is 81.9 Å². The van der Waals surface area contributed by atoms with Gasteiger partial charge in [0.05, 0.1) is 0 Å². The molecule has 2 atom stereocenters. The number of imidazole rings is 1. The number of ether oxygens (including phenoxy) is 2. The van der Waals surface area contributed by atoms with Crippen molar-refractivity contribution in [1.29, 1.82) is 0 Å². The number of hydrogen-bond acceptors (Lipinski definition) is 8. The number of Topliss-reactive ketones (excluding diaryl/α,β-unsaturated/α-hetero) is 1. The Balaban J connectivity index is 1.86. The van der Waals surface area contributed by atoms with E-state index in [1.165, 1.54) is 35.9 Å². The minimum atomic E-state index is -5.51. The first-order chi connectivity index (χ1) is 20.8. The van der Waals surface area contributed by atoms with Gasteiger partial charge in [-0.3, -0.25) is 18.7 Å². The maximum atomic E-state index is 13.9. The van der Waals surface area contributed by atoms with E-state index >= 15 is 0 Å². The van der Waals surface area contributed by atoms with Crippen LogP contribution in [-0.2, 0) is 29.5 Å². The summed E-state index contributed by atoms with van der Waals surface area (Å²) in [5.74, 6) is -3.98. The van der Waals surface area contributed by atoms with Gasteiger partial charge >= 0.3 is 17.8 Å². The Morgan fingerprint density at radius 1 is 1.02 bits per heavy atom. The van der Waals surface area contributed by atoms with E-state index in [0.29, 0.717) is 6.42 Å².